The van der Waals surface area contributed by atoms with Crippen molar-refractivity contribution < 1.29 is 4.79 Å². The minimum Gasteiger partial charge on any atom is -0.368 e. The highest BCUT2D eigenvalue weighted by Gasteiger charge is 2.49. The van der Waals surface area contributed by atoms with E-state index >= 15 is 0 Å². The average Bonchev–Trinajstić information content (AvgIpc) is 3.18. The maximum absolute atomic E-state index is 11.9. The van der Waals surface area contributed by atoms with Gasteiger partial charge in [0.25, 0.3) is 0 Å². The van der Waals surface area contributed by atoms with E-state index in [2.05, 4.69) is 31.0 Å². The number of nitrogens with two attached hydrogens (primary N) is 1. The molecule has 4 heteroatoms. The first-order chi connectivity index (χ1) is 8.50. The Morgan fingerprint density at radius 3 is 2.44 bits per heavy atom. The Morgan fingerprint density at radius 1 is 1.50 bits per heavy atom. The van der Waals surface area contributed by atoms with E-state index in [9.17, 15) is 4.79 Å². The molecule has 0 radical (unpaired) electrons. The van der Waals surface area contributed by atoms with Crippen molar-refractivity contribution in [2.75, 3.05) is 26.7 Å². The molecule has 0 bridgehead atoms. The molecule has 2 atom stereocenters. The monoisotopic (exact) mass is 255 g/mol. The fraction of sp³-hybridized carbons (Fsp3) is 0.929. The standard InChI is InChI=1S/C14H29N3O/c1-5-11(3)9-17(6-2)10-14(16-4,13(15)18)12-7-8-12/h11-12,16H,5-10H2,1-4H3,(H2,15,18). The SMILES string of the molecule is CCC(C)CN(CC)CC(NC)(C(N)=O)C1CC1. The molecule has 1 fully saturated rings. The maximum atomic E-state index is 11.9. The molecule has 2 unspecified atom stereocenters. The number of carbonyl (C=O) groups is 1. The first kappa shape index (κ1) is 15.4. The van der Waals surface area contributed by atoms with Gasteiger partial charge in [-0.2, -0.15) is 0 Å². The van der Waals surface area contributed by atoms with E-state index in [1.54, 1.807) is 0 Å². The lowest BCUT2D eigenvalue weighted by Crippen LogP contribution is -2.62. The molecule has 0 aromatic heterocycles. The lowest BCUT2D eigenvalue weighted by molar-refractivity contribution is -0.126. The quantitative estimate of drug-likeness (QED) is 0.651. The second-order valence-electron chi connectivity index (χ2n) is 5.70. The molecular formula is C14H29N3O. The molecule has 0 heterocycles. The molecule has 1 aliphatic carbocycles. The molecule has 1 amide bonds. The topological polar surface area (TPSA) is 58.4 Å². The van der Waals surface area contributed by atoms with Gasteiger partial charge in [-0.15, -0.1) is 0 Å². The summed E-state index contributed by atoms with van der Waals surface area (Å²) in [6.45, 7) is 9.36. The van der Waals surface area contributed by atoms with E-state index in [0.29, 0.717) is 11.8 Å². The average molecular weight is 255 g/mol. The van der Waals surface area contributed by atoms with Gasteiger partial charge in [0.2, 0.25) is 5.91 Å². The van der Waals surface area contributed by atoms with E-state index in [1.165, 1.54) is 6.42 Å². The van der Waals surface area contributed by atoms with Crippen LogP contribution in [0.15, 0.2) is 0 Å². The Kier molecular flexibility index (Phi) is 5.60. The Balaban J connectivity index is 2.71. The lowest BCUT2D eigenvalue weighted by Gasteiger charge is -2.36. The minimum atomic E-state index is -0.524. The van der Waals surface area contributed by atoms with Crippen molar-refractivity contribution in [3.8, 4) is 0 Å². The smallest absolute Gasteiger partial charge is 0.239 e. The second-order valence-corrected chi connectivity index (χ2v) is 5.70. The first-order valence-electron chi connectivity index (χ1n) is 7.21. The normalized spacial score (nSPS) is 20.7. The van der Waals surface area contributed by atoms with Crippen LogP contribution in [0.1, 0.15) is 40.0 Å². The van der Waals surface area contributed by atoms with Gasteiger partial charge in [0.15, 0.2) is 0 Å². The van der Waals surface area contributed by atoms with Crippen LogP contribution in [0.25, 0.3) is 0 Å². The van der Waals surface area contributed by atoms with Crippen molar-refractivity contribution in [2.24, 2.45) is 17.6 Å². The summed E-state index contributed by atoms with van der Waals surface area (Å²) < 4.78 is 0. The summed E-state index contributed by atoms with van der Waals surface area (Å²) in [6, 6.07) is 0. The molecule has 3 N–H and O–H groups in total. The fourth-order valence-electron chi connectivity index (χ4n) is 2.62. The van der Waals surface area contributed by atoms with Gasteiger partial charge >= 0.3 is 0 Å². The zero-order chi connectivity index (χ0) is 13.8. The molecule has 1 rings (SSSR count). The summed E-state index contributed by atoms with van der Waals surface area (Å²) in [6.07, 6.45) is 3.40. The Morgan fingerprint density at radius 2 is 2.11 bits per heavy atom. The zero-order valence-electron chi connectivity index (χ0n) is 12.3. The van der Waals surface area contributed by atoms with E-state index in [1.807, 2.05) is 7.05 Å². The van der Waals surface area contributed by atoms with Crippen molar-refractivity contribution in [1.29, 1.82) is 0 Å². The van der Waals surface area contributed by atoms with Crippen LogP contribution in [0.5, 0.6) is 0 Å². The molecule has 4 nitrogen and oxygen atoms in total. The number of nitrogens with zero attached hydrogens (tertiary/aromatic N) is 1. The van der Waals surface area contributed by atoms with Gasteiger partial charge in [-0.25, -0.2) is 0 Å². The lowest BCUT2D eigenvalue weighted by atomic mass is 9.91. The number of carbonyl (C=O) groups excluding carboxylic acids is 1. The van der Waals surface area contributed by atoms with Gasteiger partial charge in [-0.05, 0) is 38.3 Å². The molecule has 0 spiro atoms. The third-order valence-corrected chi connectivity index (χ3v) is 4.35. The van der Waals surface area contributed by atoms with Crippen molar-refractivity contribution in [3.05, 3.63) is 0 Å². The predicted molar refractivity (Wildman–Crippen MR) is 75.3 cm³/mol. The summed E-state index contributed by atoms with van der Waals surface area (Å²) in [5, 5.41) is 3.22. The van der Waals surface area contributed by atoms with Crippen LogP contribution in [-0.2, 0) is 4.79 Å². The second kappa shape index (κ2) is 6.53. The van der Waals surface area contributed by atoms with Gasteiger partial charge in [-0.3, -0.25) is 4.79 Å². The highest BCUT2D eigenvalue weighted by molar-refractivity contribution is 5.85. The molecule has 18 heavy (non-hydrogen) atoms. The van der Waals surface area contributed by atoms with E-state index < -0.39 is 5.54 Å². The summed E-state index contributed by atoms with van der Waals surface area (Å²) in [5.74, 6) is 0.882. The molecule has 0 aromatic rings. The van der Waals surface area contributed by atoms with Crippen LogP contribution >= 0.6 is 0 Å². The predicted octanol–water partition coefficient (Wildman–Crippen LogP) is 1.21. The van der Waals surface area contributed by atoms with Gasteiger partial charge in [0.05, 0.1) is 0 Å². The van der Waals surface area contributed by atoms with Crippen LogP contribution in [0.2, 0.25) is 0 Å². The van der Waals surface area contributed by atoms with Crippen molar-refractivity contribution in [2.45, 2.75) is 45.6 Å². The van der Waals surface area contributed by atoms with Gasteiger partial charge in [0, 0.05) is 13.1 Å². The van der Waals surface area contributed by atoms with Crippen LogP contribution < -0.4 is 11.1 Å². The number of amides is 1. The Bertz CT molecular complexity index is 278. The number of likely N-dealkylation sites (N-methyl/N-ethyl adjacent to an activating group) is 2. The number of hydrogen-bond acceptors (Lipinski definition) is 3. The van der Waals surface area contributed by atoms with Crippen LogP contribution in [-0.4, -0.2) is 43.0 Å². The summed E-state index contributed by atoms with van der Waals surface area (Å²) in [4.78, 5) is 14.2. The molecule has 0 saturated heterocycles. The number of nitrogens with one attached hydrogen (secondary N) is 1. The zero-order valence-corrected chi connectivity index (χ0v) is 12.3. The third kappa shape index (κ3) is 3.45. The highest BCUT2D eigenvalue weighted by atomic mass is 16.1. The fourth-order valence-corrected chi connectivity index (χ4v) is 2.62. The van der Waals surface area contributed by atoms with Crippen LogP contribution in [0, 0.1) is 11.8 Å². The number of primary amides is 1. The highest BCUT2D eigenvalue weighted by Crippen LogP contribution is 2.40. The van der Waals surface area contributed by atoms with Gasteiger partial charge < -0.3 is 16.0 Å². The van der Waals surface area contributed by atoms with E-state index in [4.69, 9.17) is 5.73 Å². The van der Waals surface area contributed by atoms with Crippen molar-refractivity contribution in [3.63, 3.8) is 0 Å². The number of hydrogen-bond donors (Lipinski definition) is 2. The minimum absolute atomic E-state index is 0.199. The van der Waals surface area contributed by atoms with Crippen LogP contribution in [0.4, 0.5) is 0 Å². The molecule has 1 saturated carbocycles. The summed E-state index contributed by atoms with van der Waals surface area (Å²) in [7, 11) is 1.86. The molecule has 106 valence electrons. The Labute approximate surface area is 111 Å². The van der Waals surface area contributed by atoms with Gasteiger partial charge in [-0.1, -0.05) is 27.2 Å². The van der Waals surface area contributed by atoms with E-state index in [-0.39, 0.29) is 5.91 Å². The maximum Gasteiger partial charge on any atom is 0.239 e. The molecular weight excluding hydrogens is 226 g/mol. The first-order valence-corrected chi connectivity index (χ1v) is 7.21. The third-order valence-electron chi connectivity index (χ3n) is 4.35. The van der Waals surface area contributed by atoms with Crippen molar-refractivity contribution in [1.82, 2.24) is 10.2 Å². The molecule has 1 aliphatic rings. The van der Waals surface area contributed by atoms with E-state index in [0.717, 1.165) is 32.5 Å². The summed E-state index contributed by atoms with van der Waals surface area (Å²) >= 11 is 0. The van der Waals surface area contributed by atoms with Crippen molar-refractivity contribution >= 4 is 5.91 Å². The largest absolute Gasteiger partial charge is 0.368 e. The summed E-state index contributed by atoms with van der Waals surface area (Å²) in [5.41, 5.74) is 5.14. The Hall–Kier alpha value is -0.610. The molecule has 0 aromatic carbocycles. The number of rotatable bonds is 9. The van der Waals surface area contributed by atoms with Crippen LogP contribution in [0.3, 0.4) is 0 Å². The van der Waals surface area contributed by atoms with Gasteiger partial charge in [0.1, 0.15) is 5.54 Å². The molecule has 0 aliphatic heterocycles.